The van der Waals surface area contributed by atoms with Gasteiger partial charge in [-0.2, -0.15) is 5.10 Å². The highest BCUT2D eigenvalue weighted by molar-refractivity contribution is 6.30. The maximum absolute atomic E-state index is 12.1. The van der Waals surface area contributed by atoms with Gasteiger partial charge in [-0.1, -0.05) is 11.6 Å². The molecule has 6 heteroatoms. The number of aromatic nitrogens is 2. The Balaban J connectivity index is 1.82. The third kappa shape index (κ3) is 2.53. The van der Waals surface area contributed by atoms with E-state index in [2.05, 4.69) is 10.4 Å². The molecule has 3 rings (SSSR count). The van der Waals surface area contributed by atoms with E-state index < -0.39 is 0 Å². The number of amides is 1. The maximum Gasteiger partial charge on any atom is 0.256 e. The van der Waals surface area contributed by atoms with Gasteiger partial charge in [-0.3, -0.25) is 9.48 Å². The van der Waals surface area contributed by atoms with E-state index in [4.69, 9.17) is 16.3 Å². The first-order chi connectivity index (χ1) is 9.61. The molecule has 0 unspecified atom stereocenters. The van der Waals surface area contributed by atoms with Crippen molar-refractivity contribution >= 4 is 29.4 Å². The van der Waals surface area contributed by atoms with E-state index in [0.717, 1.165) is 11.3 Å². The van der Waals surface area contributed by atoms with Crippen molar-refractivity contribution in [3.05, 3.63) is 46.6 Å². The number of hydrogen-bond donors (Lipinski definition) is 1. The minimum absolute atomic E-state index is 0.227. The molecule has 1 aliphatic heterocycles. The minimum atomic E-state index is -0.227. The number of rotatable bonds is 2. The van der Waals surface area contributed by atoms with Crippen molar-refractivity contribution in [1.82, 2.24) is 9.78 Å². The van der Waals surface area contributed by atoms with Crippen LogP contribution in [-0.4, -0.2) is 22.3 Å². The molecule has 1 aromatic carbocycles. The van der Waals surface area contributed by atoms with Gasteiger partial charge in [-0.25, -0.2) is 0 Å². The van der Waals surface area contributed by atoms with Gasteiger partial charge in [0.25, 0.3) is 5.91 Å². The zero-order valence-corrected chi connectivity index (χ0v) is 11.5. The van der Waals surface area contributed by atoms with Gasteiger partial charge >= 0.3 is 0 Å². The Hall–Kier alpha value is -2.27. The quantitative estimate of drug-likeness (QED) is 0.924. The van der Waals surface area contributed by atoms with E-state index in [1.165, 1.54) is 0 Å². The Morgan fingerprint density at radius 3 is 3.05 bits per heavy atom. The predicted octanol–water partition coefficient (Wildman–Crippen LogP) is 2.49. The summed E-state index contributed by atoms with van der Waals surface area (Å²) < 4.78 is 7.16. The van der Waals surface area contributed by atoms with Crippen LogP contribution in [0.1, 0.15) is 5.56 Å². The van der Waals surface area contributed by atoms with E-state index in [-0.39, 0.29) is 12.5 Å². The number of ether oxygens (including phenoxy) is 1. The molecule has 5 nitrogen and oxygen atoms in total. The number of halogens is 1. The van der Waals surface area contributed by atoms with E-state index in [9.17, 15) is 4.79 Å². The molecule has 1 aromatic heterocycles. The SMILES string of the molecule is Cn1ccc(NC(=O)C2=Cc3cc(Cl)ccc3OC2)n1. The van der Waals surface area contributed by atoms with Crippen molar-refractivity contribution in [2.45, 2.75) is 0 Å². The molecule has 2 heterocycles. The van der Waals surface area contributed by atoms with Crippen molar-refractivity contribution in [2.75, 3.05) is 11.9 Å². The number of anilines is 1. The first-order valence-corrected chi connectivity index (χ1v) is 6.43. The lowest BCUT2D eigenvalue weighted by atomic mass is 10.1. The molecule has 1 aliphatic rings. The predicted molar refractivity (Wildman–Crippen MR) is 76.8 cm³/mol. The Morgan fingerprint density at radius 2 is 2.30 bits per heavy atom. The van der Waals surface area contributed by atoms with Crippen LogP contribution in [0.5, 0.6) is 5.75 Å². The fourth-order valence-corrected chi connectivity index (χ4v) is 2.14. The molecule has 0 bridgehead atoms. The zero-order valence-electron chi connectivity index (χ0n) is 10.8. The van der Waals surface area contributed by atoms with Crippen molar-refractivity contribution in [1.29, 1.82) is 0 Å². The van der Waals surface area contributed by atoms with Gasteiger partial charge in [0.15, 0.2) is 5.82 Å². The number of nitrogens with zero attached hydrogens (tertiary/aromatic N) is 2. The van der Waals surface area contributed by atoms with Gasteiger partial charge in [0.05, 0.1) is 5.57 Å². The number of nitrogens with one attached hydrogen (secondary N) is 1. The van der Waals surface area contributed by atoms with Crippen LogP contribution in [0.2, 0.25) is 5.02 Å². The molecule has 0 aliphatic carbocycles. The summed E-state index contributed by atoms with van der Waals surface area (Å²) in [5.41, 5.74) is 1.33. The lowest BCUT2D eigenvalue weighted by molar-refractivity contribution is -0.113. The molecule has 0 fully saturated rings. The molecule has 102 valence electrons. The summed E-state index contributed by atoms with van der Waals surface area (Å²) in [6.45, 7) is 0.229. The molecule has 0 saturated carbocycles. The fraction of sp³-hybridized carbons (Fsp3) is 0.143. The van der Waals surface area contributed by atoms with Crippen LogP contribution in [0.25, 0.3) is 6.08 Å². The van der Waals surface area contributed by atoms with Crippen LogP contribution >= 0.6 is 11.6 Å². The smallest absolute Gasteiger partial charge is 0.256 e. The highest BCUT2D eigenvalue weighted by atomic mass is 35.5. The Bertz CT molecular complexity index is 706. The van der Waals surface area contributed by atoms with Crippen molar-refractivity contribution in [2.24, 2.45) is 7.05 Å². The summed E-state index contributed by atoms with van der Waals surface area (Å²) >= 11 is 5.94. The van der Waals surface area contributed by atoms with Gasteiger partial charge in [-0.15, -0.1) is 0 Å². The van der Waals surface area contributed by atoms with Crippen molar-refractivity contribution in [3.8, 4) is 5.75 Å². The molecule has 1 N–H and O–H groups in total. The van der Waals surface area contributed by atoms with Crippen molar-refractivity contribution < 1.29 is 9.53 Å². The summed E-state index contributed by atoms with van der Waals surface area (Å²) in [5.74, 6) is 1.01. The normalized spacial score (nSPS) is 13.2. The summed E-state index contributed by atoms with van der Waals surface area (Å²) in [6, 6.07) is 7.05. The number of fused-ring (bicyclic) bond motifs is 1. The van der Waals surface area contributed by atoms with Crippen molar-refractivity contribution in [3.63, 3.8) is 0 Å². The second-order valence-electron chi connectivity index (χ2n) is 4.47. The molecular weight excluding hydrogens is 278 g/mol. The van der Waals surface area contributed by atoms with E-state index in [0.29, 0.717) is 16.4 Å². The number of hydrogen-bond acceptors (Lipinski definition) is 3. The Morgan fingerprint density at radius 1 is 1.45 bits per heavy atom. The molecule has 20 heavy (non-hydrogen) atoms. The Labute approximate surface area is 120 Å². The average molecular weight is 290 g/mol. The number of carbonyl (C=O) groups excluding carboxylic acids is 1. The van der Waals surface area contributed by atoms with Gasteiger partial charge in [0, 0.05) is 29.9 Å². The summed E-state index contributed by atoms with van der Waals surface area (Å²) in [7, 11) is 1.79. The minimum Gasteiger partial charge on any atom is -0.488 e. The average Bonchev–Trinajstić information content (AvgIpc) is 2.83. The molecule has 0 spiro atoms. The molecule has 2 aromatic rings. The Kier molecular flexibility index (Phi) is 3.20. The second kappa shape index (κ2) is 5.02. The monoisotopic (exact) mass is 289 g/mol. The number of aryl methyl sites for hydroxylation is 1. The number of carbonyl (C=O) groups is 1. The highest BCUT2D eigenvalue weighted by Gasteiger charge is 2.18. The maximum atomic E-state index is 12.1. The first kappa shape index (κ1) is 12.7. The van der Waals surface area contributed by atoms with E-state index in [1.54, 1.807) is 48.3 Å². The zero-order chi connectivity index (χ0) is 14.1. The number of benzene rings is 1. The largest absolute Gasteiger partial charge is 0.488 e. The van der Waals surface area contributed by atoms with Crippen LogP contribution in [-0.2, 0) is 11.8 Å². The first-order valence-electron chi connectivity index (χ1n) is 6.06. The van der Waals surface area contributed by atoms with Crippen LogP contribution in [0.4, 0.5) is 5.82 Å². The third-order valence-corrected chi connectivity index (χ3v) is 3.17. The molecule has 0 radical (unpaired) electrons. The summed E-state index contributed by atoms with van der Waals surface area (Å²) in [5, 5.41) is 7.43. The van der Waals surface area contributed by atoms with Gasteiger partial charge in [0.2, 0.25) is 0 Å². The van der Waals surface area contributed by atoms with Crippen LogP contribution in [0.15, 0.2) is 36.0 Å². The van der Waals surface area contributed by atoms with E-state index >= 15 is 0 Å². The van der Waals surface area contributed by atoms with Gasteiger partial charge in [-0.05, 0) is 24.3 Å². The van der Waals surface area contributed by atoms with Gasteiger partial charge in [0.1, 0.15) is 12.4 Å². The third-order valence-electron chi connectivity index (χ3n) is 2.93. The van der Waals surface area contributed by atoms with Gasteiger partial charge < -0.3 is 10.1 Å². The molecule has 0 saturated heterocycles. The molecular formula is C14H12ClN3O2. The standard InChI is InChI=1S/C14H12ClN3O2/c1-18-5-4-13(17-18)16-14(19)10-6-9-7-11(15)2-3-12(9)20-8-10/h2-7H,8H2,1H3,(H,16,17,19). The highest BCUT2D eigenvalue weighted by Crippen LogP contribution is 2.29. The second-order valence-corrected chi connectivity index (χ2v) is 4.91. The topological polar surface area (TPSA) is 56.2 Å². The van der Waals surface area contributed by atoms with Crippen LogP contribution in [0.3, 0.4) is 0 Å². The van der Waals surface area contributed by atoms with Crippen LogP contribution < -0.4 is 10.1 Å². The lowest BCUT2D eigenvalue weighted by Crippen LogP contribution is -2.21. The lowest BCUT2D eigenvalue weighted by Gasteiger charge is -2.17. The summed E-state index contributed by atoms with van der Waals surface area (Å²) in [6.07, 6.45) is 3.54. The molecule has 0 atom stereocenters. The van der Waals surface area contributed by atoms with E-state index in [1.807, 2.05) is 0 Å². The summed E-state index contributed by atoms with van der Waals surface area (Å²) in [4.78, 5) is 12.1. The van der Waals surface area contributed by atoms with Crippen LogP contribution in [0, 0.1) is 0 Å². The fourth-order valence-electron chi connectivity index (χ4n) is 1.96. The molecule has 1 amide bonds.